The van der Waals surface area contributed by atoms with E-state index in [0.29, 0.717) is 0 Å². The molecule has 0 aliphatic heterocycles. The number of rotatable bonds is 0. The number of hydrogen-bond donors (Lipinski definition) is 0. The highest BCUT2D eigenvalue weighted by molar-refractivity contribution is 9.09. The molecular weight excluding hydrogens is 212 g/mol. The van der Waals surface area contributed by atoms with Crippen LogP contribution >= 0.6 is 15.9 Å². The maximum atomic E-state index is 3.70. The molecule has 1 aromatic rings. The van der Waals surface area contributed by atoms with Crippen LogP contribution in [0.4, 0.5) is 0 Å². The molecule has 0 atom stereocenters. The molecule has 1 aliphatic carbocycles. The van der Waals surface area contributed by atoms with Gasteiger partial charge in [0.25, 0.3) is 0 Å². The monoisotopic (exact) mass is 224 g/mol. The zero-order chi connectivity index (χ0) is 8.39. The first-order valence-electron chi connectivity index (χ1n) is 4.57. The molecule has 0 heterocycles. The molecule has 12 heavy (non-hydrogen) atoms. The van der Waals surface area contributed by atoms with Gasteiger partial charge < -0.3 is 0 Å². The number of hydrogen-bond acceptors (Lipinski definition) is 0. The van der Waals surface area contributed by atoms with Crippen molar-refractivity contribution in [2.45, 2.75) is 30.5 Å². The van der Waals surface area contributed by atoms with Crippen molar-refractivity contribution >= 4 is 15.9 Å². The summed E-state index contributed by atoms with van der Waals surface area (Å²) in [5.41, 5.74) is 3.11. The second-order valence-electron chi connectivity index (χ2n) is 3.44. The van der Waals surface area contributed by atoms with E-state index in [-0.39, 0.29) is 0 Å². The Morgan fingerprint density at radius 2 is 1.50 bits per heavy atom. The van der Waals surface area contributed by atoms with Crippen molar-refractivity contribution < 1.29 is 0 Å². The van der Waals surface area contributed by atoms with E-state index < -0.39 is 0 Å². The third-order valence-electron chi connectivity index (χ3n) is 2.57. The van der Waals surface area contributed by atoms with E-state index in [4.69, 9.17) is 0 Å². The van der Waals surface area contributed by atoms with Crippen LogP contribution in [0, 0.1) is 0 Å². The van der Waals surface area contributed by atoms with Crippen molar-refractivity contribution in [2.24, 2.45) is 0 Å². The van der Waals surface area contributed by atoms with E-state index in [2.05, 4.69) is 40.2 Å². The van der Waals surface area contributed by atoms with Gasteiger partial charge in [0.15, 0.2) is 0 Å². The van der Waals surface area contributed by atoms with Crippen LogP contribution in [0.25, 0.3) is 0 Å². The van der Waals surface area contributed by atoms with Gasteiger partial charge in [0.2, 0.25) is 0 Å². The van der Waals surface area contributed by atoms with Gasteiger partial charge in [-0.25, -0.2) is 0 Å². The van der Waals surface area contributed by atoms with E-state index in [0.717, 1.165) is 4.83 Å². The van der Waals surface area contributed by atoms with E-state index in [1.165, 1.54) is 25.7 Å². The first-order chi connectivity index (χ1) is 5.86. The summed E-state index contributed by atoms with van der Waals surface area (Å²) in [5, 5.41) is 0. The molecular formula is C11H13Br. The maximum Gasteiger partial charge on any atom is 0.0152 e. The standard InChI is InChI=1S/C11H13Br/c12-11-7-5-9-3-1-2-4-10(9)6-8-11/h1-4,11H,5-8H2. The first kappa shape index (κ1) is 8.31. The first-order valence-corrected chi connectivity index (χ1v) is 5.48. The summed E-state index contributed by atoms with van der Waals surface area (Å²) in [6, 6.07) is 8.82. The Labute approximate surface area is 82.1 Å². The van der Waals surface area contributed by atoms with E-state index >= 15 is 0 Å². The summed E-state index contributed by atoms with van der Waals surface area (Å²) < 4.78 is 0. The summed E-state index contributed by atoms with van der Waals surface area (Å²) >= 11 is 3.70. The van der Waals surface area contributed by atoms with Crippen LogP contribution in [0.15, 0.2) is 24.3 Å². The minimum atomic E-state index is 0.727. The SMILES string of the molecule is BrC1CCc2ccccc2CC1. The number of fused-ring (bicyclic) bond motifs is 1. The lowest BCUT2D eigenvalue weighted by Crippen LogP contribution is -1.95. The highest BCUT2D eigenvalue weighted by atomic mass is 79.9. The second-order valence-corrected chi connectivity index (χ2v) is 4.74. The predicted molar refractivity (Wildman–Crippen MR) is 55.8 cm³/mol. The van der Waals surface area contributed by atoms with Crippen LogP contribution in [-0.2, 0) is 12.8 Å². The smallest absolute Gasteiger partial charge is 0.0152 e. The van der Waals surface area contributed by atoms with Gasteiger partial charge in [-0.3, -0.25) is 0 Å². The summed E-state index contributed by atoms with van der Waals surface area (Å²) in [5.74, 6) is 0. The van der Waals surface area contributed by atoms with Crippen LogP contribution in [0.1, 0.15) is 24.0 Å². The number of benzene rings is 1. The third kappa shape index (κ3) is 1.71. The highest BCUT2D eigenvalue weighted by Crippen LogP contribution is 2.24. The molecule has 64 valence electrons. The largest absolute Gasteiger partial charge is 0.0890 e. The Kier molecular flexibility index (Phi) is 2.50. The normalized spacial score (nSPS) is 18.4. The van der Waals surface area contributed by atoms with Gasteiger partial charge >= 0.3 is 0 Å². The molecule has 1 aliphatic rings. The molecule has 0 radical (unpaired) electrons. The number of halogens is 1. The van der Waals surface area contributed by atoms with Crippen molar-refractivity contribution in [3.05, 3.63) is 35.4 Å². The molecule has 1 aromatic carbocycles. The van der Waals surface area contributed by atoms with Gasteiger partial charge in [-0.15, -0.1) is 0 Å². The van der Waals surface area contributed by atoms with E-state index in [9.17, 15) is 0 Å². The molecule has 0 saturated heterocycles. The molecule has 0 spiro atoms. The van der Waals surface area contributed by atoms with Crippen LogP contribution in [0.2, 0.25) is 0 Å². The van der Waals surface area contributed by atoms with Crippen molar-refractivity contribution in [1.29, 1.82) is 0 Å². The molecule has 2 rings (SSSR count). The van der Waals surface area contributed by atoms with Gasteiger partial charge in [-0.2, -0.15) is 0 Å². The molecule has 0 aromatic heterocycles. The molecule has 0 amide bonds. The lowest BCUT2D eigenvalue weighted by Gasteiger charge is -2.02. The fourth-order valence-electron chi connectivity index (χ4n) is 1.81. The van der Waals surface area contributed by atoms with Crippen LogP contribution < -0.4 is 0 Å². The van der Waals surface area contributed by atoms with E-state index in [1.807, 2.05) is 0 Å². The number of aryl methyl sites for hydroxylation is 2. The second kappa shape index (κ2) is 3.61. The molecule has 0 unspecified atom stereocenters. The Bertz CT molecular complexity index is 240. The predicted octanol–water partition coefficient (Wildman–Crippen LogP) is 3.33. The van der Waals surface area contributed by atoms with Gasteiger partial charge in [-0.05, 0) is 36.8 Å². The summed E-state index contributed by atoms with van der Waals surface area (Å²) in [7, 11) is 0. The topological polar surface area (TPSA) is 0 Å². The van der Waals surface area contributed by atoms with Crippen molar-refractivity contribution in [1.82, 2.24) is 0 Å². The number of alkyl halides is 1. The van der Waals surface area contributed by atoms with Crippen molar-refractivity contribution in [2.75, 3.05) is 0 Å². The van der Waals surface area contributed by atoms with E-state index in [1.54, 1.807) is 11.1 Å². The minimum Gasteiger partial charge on any atom is -0.0890 e. The summed E-state index contributed by atoms with van der Waals surface area (Å²) in [4.78, 5) is 0.727. The Morgan fingerprint density at radius 3 is 2.00 bits per heavy atom. The summed E-state index contributed by atoms with van der Waals surface area (Å²) in [6.07, 6.45) is 5.06. The van der Waals surface area contributed by atoms with Crippen molar-refractivity contribution in [3.8, 4) is 0 Å². The fourth-order valence-corrected chi connectivity index (χ4v) is 2.27. The molecule has 1 heteroatoms. The Hall–Kier alpha value is -0.300. The molecule has 0 nitrogen and oxygen atoms in total. The van der Waals surface area contributed by atoms with Crippen LogP contribution in [-0.4, -0.2) is 4.83 Å². The van der Waals surface area contributed by atoms with Crippen molar-refractivity contribution in [3.63, 3.8) is 0 Å². The average Bonchev–Trinajstić information content (AvgIpc) is 2.29. The fraction of sp³-hybridized carbons (Fsp3) is 0.455. The van der Waals surface area contributed by atoms with Crippen LogP contribution in [0.3, 0.4) is 0 Å². The van der Waals surface area contributed by atoms with Gasteiger partial charge in [0.1, 0.15) is 0 Å². The van der Waals surface area contributed by atoms with Gasteiger partial charge in [0, 0.05) is 4.83 Å². The van der Waals surface area contributed by atoms with Gasteiger partial charge in [0.05, 0.1) is 0 Å². The Balaban J connectivity index is 2.26. The zero-order valence-corrected chi connectivity index (χ0v) is 8.68. The third-order valence-corrected chi connectivity index (χ3v) is 3.49. The maximum absolute atomic E-state index is 3.70. The lowest BCUT2D eigenvalue weighted by molar-refractivity contribution is 0.741. The minimum absolute atomic E-state index is 0.727. The lowest BCUT2D eigenvalue weighted by atomic mass is 10.0. The quantitative estimate of drug-likeness (QED) is 0.469. The molecule has 0 bridgehead atoms. The molecule has 0 N–H and O–H groups in total. The summed E-state index contributed by atoms with van der Waals surface area (Å²) in [6.45, 7) is 0. The Morgan fingerprint density at radius 1 is 1.00 bits per heavy atom. The highest BCUT2D eigenvalue weighted by Gasteiger charge is 2.12. The van der Waals surface area contributed by atoms with Gasteiger partial charge in [-0.1, -0.05) is 40.2 Å². The molecule has 0 saturated carbocycles. The zero-order valence-electron chi connectivity index (χ0n) is 7.09. The molecule has 0 fully saturated rings. The average molecular weight is 225 g/mol. The van der Waals surface area contributed by atoms with Crippen LogP contribution in [0.5, 0.6) is 0 Å².